The van der Waals surface area contributed by atoms with Gasteiger partial charge in [0.15, 0.2) is 0 Å². The summed E-state index contributed by atoms with van der Waals surface area (Å²) in [6.07, 6.45) is 0.875. The summed E-state index contributed by atoms with van der Waals surface area (Å²) < 4.78 is 0. The first-order valence-electron chi connectivity index (χ1n) is 3.68. The van der Waals surface area contributed by atoms with Gasteiger partial charge < -0.3 is 0 Å². The maximum absolute atomic E-state index is 8.39. The van der Waals surface area contributed by atoms with E-state index in [2.05, 4.69) is 12.1 Å². The van der Waals surface area contributed by atoms with E-state index in [1.54, 1.807) is 0 Å². The highest BCUT2D eigenvalue weighted by Crippen LogP contribution is 2.04. The summed E-state index contributed by atoms with van der Waals surface area (Å²) in [4.78, 5) is 0. The molecule has 1 aromatic rings. The Kier molecular flexibility index (Phi) is 2.87. The number of hydrogen-bond acceptors (Lipinski definition) is 2. The van der Waals surface area contributed by atoms with Gasteiger partial charge in [0.25, 0.3) is 0 Å². The number of nitriles is 2. The summed E-state index contributed by atoms with van der Waals surface area (Å²) in [6, 6.07) is 11.7. The molecule has 0 fully saturated rings. The first-order valence-corrected chi connectivity index (χ1v) is 3.68. The molecule has 0 unspecified atom stereocenters. The Labute approximate surface area is 71.7 Å². The van der Waals surface area contributed by atoms with Crippen LogP contribution in [-0.4, -0.2) is 0 Å². The van der Waals surface area contributed by atoms with Crippen LogP contribution < -0.4 is 0 Å². The number of nitrogens with zero attached hydrogens (tertiary/aromatic N) is 2. The summed E-state index contributed by atoms with van der Waals surface area (Å²) in [5.74, 6) is 0. The molecule has 0 aliphatic carbocycles. The molecule has 0 aromatic heterocycles. The van der Waals surface area contributed by atoms with Crippen LogP contribution in [0.15, 0.2) is 24.3 Å². The van der Waals surface area contributed by atoms with Gasteiger partial charge in [0.2, 0.25) is 0 Å². The van der Waals surface area contributed by atoms with E-state index >= 15 is 0 Å². The van der Waals surface area contributed by atoms with Crippen LogP contribution in [0.3, 0.4) is 0 Å². The van der Waals surface area contributed by atoms with Gasteiger partial charge in [-0.25, -0.2) is 0 Å². The Morgan fingerprint density at radius 1 is 0.833 bits per heavy atom. The normalized spacial score (nSPS) is 8.50. The molecule has 1 rings (SSSR count). The summed E-state index contributed by atoms with van der Waals surface area (Å²) in [6.45, 7) is 0. The molecule has 2 nitrogen and oxygen atoms in total. The van der Waals surface area contributed by atoms with Crippen LogP contribution in [0, 0.1) is 22.7 Å². The summed E-state index contributed by atoms with van der Waals surface area (Å²) in [7, 11) is 0. The fourth-order valence-electron chi connectivity index (χ4n) is 0.958. The highest BCUT2D eigenvalue weighted by atomic mass is 14.2. The quantitative estimate of drug-likeness (QED) is 0.655. The average Bonchev–Trinajstić information content (AvgIpc) is 2.09. The van der Waals surface area contributed by atoms with Crippen molar-refractivity contribution in [3.05, 3.63) is 35.4 Å². The van der Waals surface area contributed by atoms with E-state index in [-0.39, 0.29) is 0 Å². The van der Waals surface area contributed by atoms with Crippen LogP contribution in [0.5, 0.6) is 0 Å². The number of rotatable bonds is 2. The Morgan fingerprint density at radius 2 is 1.17 bits per heavy atom. The van der Waals surface area contributed by atoms with E-state index in [4.69, 9.17) is 10.5 Å². The van der Waals surface area contributed by atoms with E-state index < -0.39 is 0 Å². The van der Waals surface area contributed by atoms with Crippen molar-refractivity contribution in [1.82, 2.24) is 0 Å². The van der Waals surface area contributed by atoms with Gasteiger partial charge in [0, 0.05) is 0 Å². The molecule has 58 valence electrons. The van der Waals surface area contributed by atoms with Gasteiger partial charge in [-0.2, -0.15) is 10.5 Å². The monoisotopic (exact) mass is 156 g/mol. The van der Waals surface area contributed by atoms with Crippen LogP contribution in [0.25, 0.3) is 0 Å². The average molecular weight is 156 g/mol. The molecule has 0 N–H and O–H groups in total. The zero-order valence-electron chi connectivity index (χ0n) is 6.62. The van der Waals surface area contributed by atoms with E-state index in [1.807, 2.05) is 24.3 Å². The van der Waals surface area contributed by atoms with Gasteiger partial charge in [0.1, 0.15) is 0 Å². The molecule has 0 saturated carbocycles. The predicted molar refractivity (Wildman–Crippen MR) is 45.1 cm³/mol. The molecule has 0 radical (unpaired) electrons. The van der Waals surface area contributed by atoms with E-state index in [0.29, 0.717) is 12.8 Å². The maximum atomic E-state index is 8.39. The van der Waals surface area contributed by atoms with Crippen molar-refractivity contribution < 1.29 is 0 Å². The van der Waals surface area contributed by atoms with Crippen molar-refractivity contribution in [1.29, 1.82) is 10.5 Å². The zero-order chi connectivity index (χ0) is 8.81. The molecule has 0 spiro atoms. The molecule has 0 aliphatic heterocycles. The Hall–Kier alpha value is -1.80. The third kappa shape index (κ3) is 2.11. The summed E-state index contributed by atoms with van der Waals surface area (Å²) in [5.41, 5.74) is 2.00. The molecule has 0 aliphatic rings. The Bertz CT molecular complexity index is 289. The van der Waals surface area contributed by atoms with Crippen molar-refractivity contribution in [3.8, 4) is 12.1 Å². The minimum absolute atomic E-state index is 0.437. The van der Waals surface area contributed by atoms with Gasteiger partial charge >= 0.3 is 0 Å². The smallest absolute Gasteiger partial charge is 0.0669 e. The van der Waals surface area contributed by atoms with Gasteiger partial charge in [-0.3, -0.25) is 0 Å². The molecule has 2 heteroatoms. The lowest BCUT2D eigenvalue weighted by atomic mass is 10.1. The summed E-state index contributed by atoms with van der Waals surface area (Å²) in [5, 5.41) is 16.8. The van der Waals surface area contributed by atoms with Crippen molar-refractivity contribution in [2.24, 2.45) is 0 Å². The van der Waals surface area contributed by atoms with Gasteiger partial charge in [0.05, 0.1) is 25.0 Å². The second kappa shape index (κ2) is 4.16. The van der Waals surface area contributed by atoms with E-state index in [9.17, 15) is 0 Å². The molecule has 12 heavy (non-hydrogen) atoms. The second-order valence-electron chi connectivity index (χ2n) is 2.49. The lowest BCUT2D eigenvalue weighted by Crippen LogP contribution is -1.84. The standard InChI is InChI=1S/C10H8N2/c11-7-5-9-1-2-10(4-3-9)6-8-12/h1-4H,5-6H2. The first-order chi connectivity index (χ1) is 5.86. The van der Waals surface area contributed by atoms with Crippen LogP contribution in [0.1, 0.15) is 11.1 Å². The van der Waals surface area contributed by atoms with Crippen molar-refractivity contribution in [3.63, 3.8) is 0 Å². The van der Waals surface area contributed by atoms with E-state index in [1.165, 1.54) is 0 Å². The predicted octanol–water partition coefficient (Wildman–Crippen LogP) is 1.82. The zero-order valence-corrected chi connectivity index (χ0v) is 6.62. The highest BCUT2D eigenvalue weighted by Gasteiger charge is 1.92. The number of hydrogen-bond donors (Lipinski definition) is 0. The molecule has 0 bridgehead atoms. The third-order valence-corrected chi connectivity index (χ3v) is 1.59. The third-order valence-electron chi connectivity index (χ3n) is 1.59. The molecule has 0 amide bonds. The SMILES string of the molecule is N#CCc1ccc(CC#N)cc1. The van der Waals surface area contributed by atoms with Crippen molar-refractivity contribution in [2.45, 2.75) is 12.8 Å². The molecule has 0 saturated heterocycles. The summed E-state index contributed by atoms with van der Waals surface area (Å²) >= 11 is 0. The molecule has 0 atom stereocenters. The molecular formula is C10H8N2. The van der Waals surface area contributed by atoms with E-state index in [0.717, 1.165) is 11.1 Å². The highest BCUT2D eigenvalue weighted by molar-refractivity contribution is 5.25. The van der Waals surface area contributed by atoms with Gasteiger partial charge in [-0.1, -0.05) is 24.3 Å². The second-order valence-corrected chi connectivity index (χ2v) is 2.49. The Morgan fingerprint density at radius 3 is 1.42 bits per heavy atom. The minimum Gasteiger partial charge on any atom is -0.198 e. The molecule has 1 aromatic carbocycles. The first kappa shape index (κ1) is 8.30. The maximum Gasteiger partial charge on any atom is 0.0669 e. The van der Waals surface area contributed by atoms with Crippen LogP contribution >= 0.6 is 0 Å². The number of benzene rings is 1. The van der Waals surface area contributed by atoms with Crippen LogP contribution in [-0.2, 0) is 12.8 Å². The minimum atomic E-state index is 0.437. The van der Waals surface area contributed by atoms with Crippen molar-refractivity contribution in [2.75, 3.05) is 0 Å². The van der Waals surface area contributed by atoms with Crippen molar-refractivity contribution >= 4 is 0 Å². The van der Waals surface area contributed by atoms with Gasteiger partial charge in [-0.05, 0) is 11.1 Å². The largest absolute Gasteiger partial charge is 0.198 e. The van der Waals surface area contributed by atoms with Crippen LogP contribution in [0.2, 0.25) is 0 Å². The fraction of sp³-hybridized carbons (Fsp3) is 0.200. The fourth-order valence-corrected chi connectivity index (χ4v) is 0.958. The van der Waals surface area contributed by atoms with Gasteiger partial charge in [-0.15, -0.1) is 0 Å². The topological polar surface area (TPSA) is 47.6 Å². The lowest BCUT2D eigenvalue weighted by molar-refractivity contribution is 1.22. The molecular weight excluding hydrogens is 148 g/mol. The lowest BCUT2D eigenvalue weighted by Gasteiger charge is -1.95. The molecule has 0 heterocycles. The Balaban J connectivity index is 2.74. The van der Waals surface area contributed by atoms with Crippen LogP contribution in [0.4, 0.5) is 0 Å².